The number of hydrogen-bond donors (Lipinski definition) is 1. The fraction of sp³-hybridized carbons (Fsp3) is 0.333. The second kappa shape index (κ2) is 4.28. The minimum absolute atomic E-state index is 0.0672. The van der Waals surface area contributed by atoms with E-state index in [1.165, 1.54) is 6.07 Å². The molecule has 0 bridgehead atoms. The van der Waals surface area contributed by atoms with Gasteiger partial charge in [-0.2, -0.15) is 0 Å². The first kappa shape index (κ1) is 10.8. The van der Waals surface area contributed by atoms with E-state index in [9.17, 15) is 9.59 Å². The zero-order chi connectivity index (χ0) is 10.7. The van der Waals surface area contributed by atoms with Gasteiger partial charge in [0.1, 0.15) is 5.56 Å². The summed E-state index contributed by atoms with van der Waals surface area (Å²) >= 11 is 5.75. The molecule has 1 N–H and O–H groups in total. The molecule has 0 aliphatic heterocycles. The van der Waals surface area contributed by atoms with Crippen LogP contribution in [-0.4, -0.2) is 17.6 Å². The van der Waals surface area contributed by atoms with Crippen molar-refractivity contribution in [3.63, 3.8) is 0 Å². The number of aryl methyl sites for hydroxylation is 1. The lowest BCUT2D eigenvalue weighted by molar-refractivity contribution is 0.0524. The molecule has 1 heterocycles. The van der Waals surface area contributed by atoms with Crippen molar-refractivity contribution in [1.29, 1.82) is 0 Å². The van der Waals surface area contributed by atoms with E-state index >= 15 is 0 Å². The van der Waals surface area contributed by atoms with Crippen molar-refractivity contribution in [3.05, 3.63) is 32.7 Å². The van der Waals surface area contributed by atoms with Gasteiger partial charge in [0.15, 0.2) is 0 Å². The standard InChI is InChI=1S/C9H10ClNO3/c1-3-14-9(13)6-4-7(10)5(2)11-8(6)12/h4H,3H2,1-2H3,(H,11,12). The lowest BCUT2D eigenvalue weighted by Crippen LogP contribution is -2.20. The number of aromatic amines is 1. The molecular weight excluding hydrogens is 206 g/mol. The number of carbonyl (C=O) groups is 1. The van der Waals surface area contributed by atoms with Crippen LogP contribution in [0.15, 0.2) is 10.9 Å². The number of ether oxygens (including phenoxy) is 1. The first-order chi connectivity index (χ1) is 6.56. The molecule has 0 fully saturated rings. The van der Waals surface area contributed by atoms with E-state index in [0.717, 1.165) is 0 Å². The number of halogens is 1. The lowest BCUT2D eigenvalue weighted by atomic mass is 10.2. The fourth-order valence-electron chi connectivity index (χ4n) is 0.958. The second-order valence-electron chi connectivity index (χ2n) is 2.71. The molecule has 0 spiro atoms. The van der Waals surface area contributed by atoms with Crippen LogP contribution in [-0.2, 0) is 4.74 Å². The number of pyridine rings is 1. The molecule has 0 amide bonds. The second-order valence-corrected chi connectivity index (χ2v) is 3.11. The number of hydrogen-bond acceptors (Lipinski definition) is 3. The van der Waals surface area contributed by atoms with E-state index in [4.69, 9.17) is 11.6 Å². The van der Waals surface area contributed by atoms with E-state index in [-0.39, 0.29) is 12.2 Å². The van der Waals surface area contributed by atoms with Crippen LogP contribution < -0.4 is 5.56 Å². The predicted octanol–water partition coefficient (Wildman–Crippen LogP) is 1.51. The Morgan fingerprint density at radius 1 is 1.64 bits per heavy atom. The van der Waals surface area contributed by atoms with Gasteiger partial charge in [-0.1, -0.05) is 11.6 Å². The van der Waals surface area contributed by atoms with Gasteiger partial charge in [0.2, 0.25) is 0 Å². The third-order valence-electron chi connectivity index (χ3n) is 1.67. The molecule has 0 saturated heterocycles. The third-order valence-corrected chi connectivity index (χ3v) is 2.06. The van der Waals surface area contributed by atoms with Crippen LogP contribution in [0.5, 0.6) is 0 Å². The Balaban J connectivity index is 3.16. The highest BCUT2D eigenvalue weighted by Gasteiger charge is 2.13. The average Bonchev–Trinajstić information content (AvgIpc) is 2.11. The Labute approximate surface area is 85.9 Å². The summed E-state index contributed by atoms with van der Waals surface area (Å²) < 4.78 is 4.69. The zero-order valence-corrected chi connectivity index (χ0v) is 8.64. The van der Waals surface area contributed by atoms with Gasteiger partial charge in [0, 0.05) is 5.69 Å². The topological polar surface area (TPSA) is 59.2 Å². The molecule has 0 saturated carbocycles. The van der Waals surface area contributed by atoms with Crippen molar-refractivity contribution in [1.82, 2.24) is 4.98 Å². The maximum Gasteiger partial charge on any atom is 0.343 e. The molecule has 4 nitrogen and oxygen atoms in total. The van der Waals surface area contributed by atoms with E-state index in [2.05, 4.69) is 9.72 Å². The van der Waals surface area contributed by atoms with Gasteiger partial charge in [-0.05, 0) is 19.9 Å². The molecule has 14 heavy (non-hydrogen) atoms. The van der Waals surface area contributed by atoms with Crippen LogP contribution in [0.4, 0.5) is 0 Å². The van der Waals surface area contributed by atoms with Crippen LogP contribution >= 0.6 is 11.6 Å². The third kappa shape index (κ3) is 2.14. The molecule has 1 aromatic heterocycles. The number of nitrogens with one attached hydrogen (secondary N) is 1. The Morgan fingerprint density at radius 2 is 2.29 bits per heavy atom. The van der Waals surface area contributed by atoms with Gasteiger partial charge in [0.05, 0.1) is 11.6 Å². The van der Waals surface area contributed by atoms with Crippen LogP contribution in [0.1, 0.15) is 23.0 Å². The van der Waals surface area contributed by atoms with Gasteiger partial charge >= 0.3 is 5.97 Å². The molecule has 0 aliphatic rings. The van der Waals surface area contributed by atoms with Crippen LogP contribution in [0.2, 0.25) is 5.02 Å². The van der Waals surface area contributed by atoms with Crippen molar-refractivity contribution in [3.8, 4) is 0 Å². The molecule has 1 aromatic rings. The summed E-state index contributed by atoms with van der Waals surface area (Å²) in [6.45, 7) is 3.55. The van der Waals surface area contributed by atoms with Crippen molar-refractivity contribution >= 4 is 17.6 Å². The number of rotatable bonds is 2. The highest BCUT2D eigenvalue weighted by Crippen LogP contribution is 2.11. The smallest absolute Gasteiger partial charge is 0.343 e. The monoisotopic (exact) mass is 215 g/mol. The maximum absolute atomic E-state index is 11.3. The molecule has 0 radical (unpaired) electrons. The summed E-state index contributed by atoms with van der Waals surface area (Å²) in [5.41, 5.74) is -0.0162. The summed E-state index contributed by atoms with van der Waals surface area (Å²) in [5.74, 6) is -0.657. The average molecular weight is 216 g/mol. The zero-order valence-electron chi connectivity index (χ0n) is 7.89. The van der Waals surface area contributed by atoms with Crippen LogP contribution in [0.3, 0.4) is 0 Å². The van der Waals surface area contributed by atoms with Crippen molar-refractivity contribution < 1.29 is 9.53 Å². The molecule has 0 unspecified atom stereocenters. The Bertz CT molecular complexity index is 411. The highest BCUT2D eigenvalue weighted by molar-refractivity contribution is 6.31. The number of esters is 1. The maximum atomic E-state index is 11.3. The van der Waals surface area contributed by atoms with E-state index in [1.807, 2.05) is 0 Å². The van der Waals surface area contributed by atoms with E-state index < -0.39 is 11.5 Å². The minimum atomic E-state index is -0.657. The first-order valence-corrected chi connectivity index (χ1v) is 4.50. The number of aromatic nitrogens is 1. The van der Waals surface area contributed by atoms with E-state index in [0.29, 0.717) is 10.7 Å². The minimum Gasteiger partial charge on any atom is -0.462 e. The molecule has 0 aromatic carbocycles. The van der Waals surface area contributed by atoms with Gasteiger partial charge in [-0.3, -0.25) is 4.79 Å². The van der Waals surface area contributed by atoms with Crippen LogP contribution in [0.25, 0.3) is 0 Å². The molecule has 1 rings (SSSR count). The van der Waals surface area contributed by atoms with E-state index in [1.54, 1.807) is 13.8 Å². The fourth-order valence-corrected chi connectivity index (χ4v) is 1.11. The quantitative estimate of drug-likeness (QED) is 0.761. The molecule has 0 aliphatic carbocycles. The SMILES string of the molecule is CCOC(=O)c1cc(Cl)c(C)[nH]c1=O. The lowest BCUT2D eigenvalue weighted by Gasteiger charge is -2.02. The summed E-state index contributed by atoms with van der Waals surface area (Å²) in [7, 11) is 0. The van der Waals surface area contributed by atoms with Gasteiger partial charge in [-0.25, -0.2) is 4.79 Å². The van der Waals surface area contributed by atoms with Crippen molar-refractivity contribution in [2.24, 2.45) is 0 Å². The Kier molecular flexibility index (Phi) is 3.30. The normalized spacial score (nSPS) is 9.93. The summed E-state index contributed by atoms with van der Waals surface area (Å²) in [6, 6.07) is 1.31. The molecule has 5 heteroatoms. The van der Waals surface area contributed by atoms with Crippen molar-refractivity contribution in [2.75, 3.05) is 6.61 Å². The summed E-state index contributed by atoms with van der Waals surface area (Å²) in [5, 5.41) is 0.340. The summed E-state index contributed by atoms with van der Waals surface area (Å²) in [4.78, 5) is 25.0. The number of H-pyrrole nitrogens is 1. The Hall–Kier alpha value is -1.29. The molecule has 0 atom stereocenters. The largest absolute Gasteiger partial charge is 0.462 e. The van der Waals surface area contributed by atoms with Gasteiger partial charge < -0.3 is 9.72 Å². The Morgan fingerprint density at radius 3 is 2.86 bits per heavy atom. The summed E-state index contributed by atoms with van der Waals surface area (Å²) in [6.07, 6.45) is 0. The predicted molar refractivity (Wildman–Crippen MR) is 52.8 cm³/mol. The first-order valence-electron chi connectivity index (χ1n) is 4.12. The van der Waals surface area contributed by atoms with Crippen molar-refractivity contribution in [2.45, 2.75) is 13.8 Å². The molecule has 76 valence electrons. The van der Waals surface area contributed by atoms with Gasteiger partial charge in [-0.15, -0.1) is 0 Å². The molecular formula is C9H10ClNO3. The van der Waals surface area contributed by atoms with Gasteiger partial charge in [0.25, 0.3) is 5.56 Å². The highest BCUT2D eigenvalue weighted by atomic mass is 35.5. The number of carbonyl (C=O) groups excluding carboxylic acids is 1. The van der Waals surface area contributed by atoms with Crippen LogP contribution in [0, 0.1) is 6.92 Å².